The Kier molecular flexibility index (Phi) is 7.32. The molecule has 0 fully saturated rings. The lowest BCUT2D eigenvalue weighted by molar-refractivity contribution is -0.163. The molecule has 0 atom stereocenters. The number of rotatable bonds is 7. The molecular formula is C24H27ClO5. The minimum atomic E-state index is -1.14. The fraction of sp³-hybridized carbons (Fsp3) is 0.333. The second-order valence-corrected chi connectivity index (χ2v) is 8.35. The fourth-order valence-corrected chi connectivity index (χ4v) is 3.03. The van der Waals surface area contributed by atoms with Gasteiger partial charge in [0.2, 0.25) is 0 Å². The van der Waals surface area contributed by atoms with Gasteiger partial charge in [-0.1, -0.05) is 17.7 Å². The number of esters is 1. The summed E-state index contributed by atoms with van der Waals surface area (Å²) in [5.41, 5.74) is 1.47. The largest absolute Gasteiger partial charge is 0.507 e. The van der Waals surface area contributed by atoms with Crippen molar-refractivity contribution in [1.82, 2.24) is 0 Å². The van der Waals surface area contributed by atoms with Gasteiger partial charge in [-0.3, -0.25) is 4.79 Å². The van der Waals surface area contributed by atoms with E-state index in [2.05, 4.69) is 0 Å². The normalized spacial score (nSPS) is 11.7. The summed E-state index contributed by atoms with van der Waals surface area (Å²) < 4.78 is 11.3. The summed E-state index contributed by atoms with van der Waals surface area (Å²) in [4.78, 5) is 24.7. The number of carbonyl (C=O) groups excluding carboxylic acids is 2. The summed E-state index contributed by atoms with van der Waals surface area (Å²) >= 11 is 5.80. The summed E-state index contributed by atoms with van der Waals surface area (Å²) in [5, 5.41) is 10.3. The van der Waals surface area contributed by atoms with E-state index in [1.165, 1.54) is 18.2 Å². The molecule has 0 amide bonds. The fourth-order valence-electron chi connectivity index (χ4n) is 2.87. The summed E-state index contributed by atoms with van der Waals surface area (Å²) in [7, 11) is 0. The van der Waals surface area contributed by atoms with Crippen molar-refractivity contribution in [3.05, 3.63) is 63.7 Å². The summed E-state index contributed by atoms with van der Waals surface area (Å²) in [5.74, 6) is -0.339. The second-order valence-electron chi connectivity index (χ2n) is 7.91. The number of hydrogen-bond acceptors (Lipinski definition) is 5. The Morgan fingerprint density at radius 2 is 1.70 bits per heavy atom. The average Bonchev–Trinajstić information content (AvgIpc) is 2.62. The molecule has 0 aliphatic carbocycles. The highest BCUT2D eigenvalue weighted by molar-refractivity contribution is 6.31. The van der Waals surface area contributed by atoms with Crippen LogP contribution >= 0.6 is 11.6 Å². The molecule has 0 radical (unpaired) electrons. The molecule has 0 bridgehead atoms. The molecule has 2 aromatic carbocycles. The molecule has 1 N–H and O–H groups in total. The van der Waals surface area contributed by atoms with E-state index in [0.29, 0.717) is 10.8 Å². The monoisotopic (exact) mass is 430 g/mol. The number of halogens is 1. The first-order valence-electron chi connectivity index (χ1n) is 9.63. The van der Waals surface area contributed by atoms with Gasteiger partial charge in [0.15, 0.2) is 11.4 Å². The number of phenols is 1. The number of phenolic OH excluding ortho intramolecular Hbond substituents is 1. The van der Waals surface area contributed by atoms with E-state index in [1.807, 2.05) is 26.0 Å². The van der Waals surface area contributed by atoms with Crippen molar-refractivity contribution in [3.63, 3.8) is 0 Å². The average molecular weight is 431 g/mol. The van der Waals surface area contributed by atoms with Crippen LogP contribution in [0.1, 0.15) is 54.7 Å². The quantitative estimate of drug-likeness (QED) is 0.348. The van der Waals surface area contributed by atoms with Crippen LogP contribution < -0.4 is 4.74 Å². The highest BCUT2D eigenvalue weighted by Crippen LogP contribution is 2.30. The summed E-state index contributed by atoms with van der Waals surface area (Å²) in [6, 6.07) is 8.08. The zero-order valence-corrected chi connectivity index (χ0v) is 18.8. The number of carbonyl (C=O) groups is 2. The van der Waals surface area contributed by atoms with Gasteiger partial charge in [0.1, 0.15) is 11.5 Å². The van der Waals surface area contributed by atoms with Crippen molar-refractivity contribution in [1.29, 1.82) is 0 Å². The molecule has 0 heterocycles. The molecule has 30 heavy (non-hydrogen) atoms. The van der Waals surface area contributed by atoms with Gasteiger partial charge in [-0.25, -0.2) is 4.79 Å². The lowest BCUT2D eigenvalue weighted by Gasteiger charge is -2.27. The van der Waals surface area contributed by atoms with Gasteiger partial charge in [-0.15, -0.1) is 0 Å². The number of aromatic hydroxyl groups is 1. The molecule has 0 saturated carbocycles. The Morgan fingerprint density at radius 3 is 2.23 bits per heavy atom. The summed E-state index contributed by atoms with van der Waals surface area (Å²) in [6.45, 7) is 10.7. The van der Waals surface area contributed by atoms with Crippen LogP contribution in [0.2, 0.25) is 5.02 Å². The van der Waals surface area contributed by atoms with Crippen molar-refractivity contribution < 1.29 is 24.2 Å². The van der Waals surface area contributed by atoms with Crippen LogP contribution in [-0.2, 0) is 9.53 Å². The van der Waals surface area contributed by atoms with Crippen LogP contribution in [0.15, 0.2) is 36.4 Å². The van der Waals surface area contributed by atoms with Crippen LogP contribution in [-0.4, -0.2) is 28.6 Å². The molecule has 160 valence electrons. The maximum absolute atomic E-state index is 12.4. The van der Waals surface area contributed by atoms with Crippen molar-refractivity contribution in [2.45, 2.75) is 53.2 Å². The predicted octanol–water partition coefficient (Wildman–Crippen LogP) is 5.67. The van der Waals surface area contributed by atoms with E-state index in [9.17, 15) is 14.7 Å². The standard InChI is InChI=1S/C24H27ClO5/c1-14(2)29-23(28)24(5,6)30-22-15(3)11-17(12-16(22)4)7-10-20(26)19-9-8-18(25)13-21(19)27/h7-14,27H,1-6H3/b10-7+. The maximum Gasteiger partial charge on any atom is 0.350 e. The van der Waals surface area contributed by atoms with Gasteiger partial charge >= 0.3 is 5.97 Å². The molecule has 0 unspecified atom stereocenters. The van der Waals surface area contributed by atoms with Crippen LogP contribution in [0.4, 0.5) is 0 Å². The van der Waals surface area contributed by atoms with Crippen molar-refractivity contribution in [2.75, 3.05) is 0 Å². The third-order valence-corrected chi connectivity index (χ3v) is 4.56. The second kappa shape index (κ2) is 9.35. The molecule has 0 aliphatic heterocycles. The van der Waals surface area contributed by atoms with Crippen LogP contribution in [0, 0.1) is 13.8 Å². The molecule has 2 rings (SSSR count). The van der Waals surface area contributed by atoms with Crippen LogP contribution in [0.5, 0.6) is 11.5 Å². The Labute approximate surface area is 182 Å². The van der Waals surface area contributed by atoms with Gasteiger partial charge in [-0.2, -0.15) is 0 Å². The Morgan fingerprint density at radius 1 is 1.10 bits per heavy atom. The van der Waals surface area contributed by atoms with E-state index in [1.54, 1.807) is 39.8 Å². The third kappa shape index (κ3) is 5.86. The lowest BCUT2D eigenvalue weighted by atomic mass is 10.0. The molecule has 2 aromatic rings. The first-order valence-corrected chi connectivity index (χ1v) is 10.0. The number of allylic oxidation sites excluding steroid dienone is 1. The molecule has 0 aromatic heterocycles. The number of ketones is 1. The SMILES string of the molecule is Cc1cc(/C=C/C(=O)c2ccc(Cl)cc2O)cc(C)c1OC(C)(C)C(=O)OC(C)C. The van der Waals surface area contributed by atoms with Gasteiger partial charge in [0.05, 0.1) is 11.7 Å². The number of benzene rings is 2. The van der Waals surface area contributed by atoms with Crippen molar-refractivity contribution in [2.24, 2.45) is 0 Å². The molecule has 0 aliphatic rings. The number of ether oxygens (including phenoxy) is 2. The highest BCUT2D eigenvalue weighted by Gasteiger charge is 2.33. The van der Waals surface area contributed by atoms with E-state index >= 15 is 0 Å². The van der Waals surface area contributed by atoms with E-state index in [0.717, 1.165) is 16.7 Å². The number of hydrogen-bond donors (Lipinski definition) is 1. The molecule has 0 saturated heterocycles. The van der Waals surface area contributed by atoms with Crippen molar-refractivity contribution >= 4 is 29.4 Å². The van der Waals surface area contributed by atoms with Crippen molar-refractivity contribution in [3.8, 4) is 11.5 Å². The first kappa shape index (κ1) is 23.5. The first-order chi connectivity index (χ1) is 13.9. The minimum Gasteiger partial charge on any atom is -0.507 e. The molecular weight excluding hydrogens is 404 g/mol. The molecule has 5 nitrogen and oxygen atoms in total. The predicted molar refractivity (Wildman–Crippen MR) is 118 cm³/mol. The summed E-state index contributed by atoms with van der Waals surface area (Å²) in [6.07, 6.45) is 2.83. The van der Waals surface area contributed by atoms with Crippen LogP contribution in [0.25, 0.3) is 6.08 Å². The zero-order chi connectivity index (χ0) is 22.6. The van der Waals surface area contributed by atoms with E-state index < -0.39 is 11.6 Å². The van der Waals surface area contributed by atoms with Gasteiger partial charge in [0.25, 0.3) is 0 Å². The van der Waals surface area contributed by atoms with Gasteiger partial charge in [0, 0.05) is 5.02 Å². The third-order valence-electron chi connectivity index (χ3n) is 4.33. The van der Waals surface area contributed by atoms with Crippen LogP contribution in [0.3, 0.4) is 0 Å². The number of aryl methyl sites for hydroxylation is 2. The maximum atomic E-state index is 12.4. The highest BCUT2D eigenvalue weighted by atomic mass is 35.5. The van der Waals surface area contributed by atoms with E-state index in [4.69, 9.17) is 21.1 Å². The zero-order valence-electron chi connectivity index (χ0n) is 18.1. The Hall–Kier alpha value is -2.79. The van der Waals surface area contributed by atoms with Gasteiger partial charge < -0.3 is 14.6 Å². The Balaban J connectivity index is 2.22. The minimum absolute atomic E-state index is 0.163. The Bertz CT molecular complexity index is 966. The topological polar surface area (TPSA) is 72.8 Å². The van der Waals surface area contributed by atoms with E-state index in [-0.39, 0.29) is 23.2 Å². The molecule has 0 spiro atoms. The molecule has 6 heteroatoms. The smallest absolute Gasteiger partial charge is 0.350 e. The lowest BCUT2D eigenvalue weighted by Crippen LogP contribution is -2.41. The van der Waals surface area contributed by atoms with Gasteiger partial charge in [-0.05, 0) is 94.6 Å².